The molecule has 1 aliphatic heterocycles. The first kappa shape index (κ1) is 7.74. The lowest BCUT2D eigenvalue weighted by Gasteiger charge is -2.13. The quantitative estimate of drug-likeness (QED) is 0.662. The second-order valence-corrected chi connectivity index (χ2v) is 3.62. The molecule has 0 aliphatic carbocycles. The summed E-state index contributed by atoms with van der Waals surface area (Å²) in [5.41, 5.74) is 2.54. The number of nitrogens with one attached hydrogen (secondary N) is 1. The minimum absolute atomic E-state index is 0.950. The van der Waals surface area contributed by atoms with Gasteiger partial charge in [0.05, 0.1) is 0 Å². The smallest absolute Gasteiger partial charge is 0.0416 e. The number of hydrogen-bond donors (Lipinski definition) is 1. The van der Waals surface area contributed by atoms with Crippen molar-refractivity contribution < 1.29 is 0 Å². The molecule has 0 atom stereocenters. The summed E-state index contributed by atoms with van der Waals surface area (Å²) in [6.45, 7) is 0.950. The summed E-state index contributed by atoms with van der Waals surface area (Å²) < 4.78 is 0. The van der Waals surface area contributed by atoms with Gasteiger partial charge in [-0.05, 0) is 30.0 Å². The van der Waals surface area contributed by atoms with E-state index in [4.69, 9.17) is 0 Å². The van der Waals surface area contributed by atoms with Crippen LogP contribution in [0.4, 0.5) is 5.69 Å². The summed E-state index contributed by atoms with van der Waals surface area (Å²) in [4.78, 5) is 1.32. The van der Waals surface area contributed by atoms with Gasteiger partial charge in [-0.15, -0.1) is 11.8 Å². The third-order valence-electron chi connectivity index (χ3n) is 1.97. The highest BCUT2D eigenvalue weighted by Crippen LogP contribution is 2.25. The Morgan fingerprint density at radius 3 is 3.17 bits per heavy atom. The predicted octanol–water partition coefficient (Wildman–Crippen LogP) is 2.85. The van der Waals surface area contributed by atoms with Crippen LogP contribution in [-0.4, -0.2) is 12.8 Å². The maximum atomic E-state index is 3.32. The van der Waals surface area contributed by atoms with E-state index in [2.05, 4.69) is 41.9 Å². The highest BCUT2D eigenvalue weighted by molar-refractivity contribution is 7.98. The van der Waals surface area contributed by atoms with Crippen molar-refractivity contribution in [2.75, 3.05) is 18.1 Å². The molecule has 1 heterocycles. The molecule has 1 N–H and O–H groups in total. The second-order valence-electron chi connectivity index (χ2n) is 2.74. The molecule has 2 rings (SSSR count). The minimum Gasteiger partial charge on any atom is -0.381 e. The largest absolute Gasteiger partial charge is 0.381 e. The Kier molecular flexibility index (Phi) is 2.09. The SMILES string of the molecule is CSc1ccc2c(c1)C=CCN2. The van der Waals surface area contributed by atoms with Crippen molar-refractivity contribution in [2.24, 2.45) is 0 Å². The van der Waals surface area contributed by atoms with Gasteiger partial charge in [0, 0.05) is 17.1 Å². The van der Waals surface area contributed by atoms with Gasteiger partial charge in [0.25, 0.3) is 0 Å². The van der Waals surface area contributed by atoms with Crippen LogP contribution in [0.2, 0.25) is 0 Å². The van der Waals surface area contributed by atoms with Crippen molar-refractivity contribution in [3.8, 4) is 0 Å². The van der Waals surface area contributed by atoms with Crippen LogP contribution in [0.3, 0.4) is 0 Å². The van der Waals surface area contributed by atoms with Crippen LogP contribution in [0.5, 0.6) is 0 Å². The molecule has 0 radical (unpaired) electrons. The van der Waals surface area contributed by atoms with E-state index in [1.54, 1.807) is 11.8 Å². The molecule has 0 bridgehead atoms. The molecule has 12 heavy (non-hydrogen) atoms. The summed E-state index contributed by atoms with van der Waals surface area (Å²) in [5.74, 6) is 0. The highest BCUT2D eigenvalue weighted by atomic mass is 32.2. The lowest BCUT2D eigenvalue weighted by molar-refractivity contribution is 1.29. The van der Waals surface area contributed by atoms with Crippen molar-refractivity contribution in [3.63, 3.8) is 0 Å². The Bertz CT molecular complexity index is 318. The van der Waals surface area contributed by atoms with Gasteiger partial charge in [-0.2, -0.15) is 0 Å². The fourth-order valence-electron chi connectivity index (χ4n) is 1.32. The summed E-state index contributed by atoms with van der Waals surface area (Å²) in [5, 5.41) is 3.32. The van der Waals surface area contributed by atoms with Crippen molar-refractivity contribution in [2.45, 2.75) is 4.90 Å². The van der Waals surface area contributed by atoms with Gasteiger partial charge in [-0.25, -0.2) is 0 Å². The molecule has 1 aromatic carbocycles. The van der Waals surface area contributed by atoms with E-state index >= 15 is 0 Å². The number of thioether (sulfide) groups is 1. The van der Waals surface area contributed by atoms with E-state index in [-0.39, 0.29) is 0 Å². The molecule has 0 saturated heterocycles. The van der Waals surface area contributed by atoms with E-state index in [0.717, 1.165) is 6.54 Å². The van der Waals surface area contributed by atoms with Gasteiger partial charge in [0.1, 0.15) is 0 Å². The average molecular weight is 177 g/mol. The minimum atomic E-state index is 0.950. The number of rotatable bonds is 1. The molecule has 0 unspecified atom stereocenters. The molecule has 0 aromatic heterocycles. The predicted molar refractivity (Wildman–Crippen MR) is 55.7 cm³/mol. The zero-order valence-corrected chi connectivity index (χ0v) is 7.82. The monoisotopic (exact) mass is 177 g/mol. The number of fused-ring (bicyclic) bond motifs is 1. The van der Waals surface area contributed by atoms with Crippen molar-refractivity contribution >= 4 is 23.5 Å². The molecule has 0 amide bonds. The first-order valence-electron chi connectivity index (χ1n) is 3.98. The van der Waals surface area contributed by atoms with Crippen LogP contribution in [0, 0.1) is 0 Å². The van der Waals surface area contributed by atoms with Crippen LogP contribution in [0.1, 0.15) is 5.56 Å². The normalized spacial score (nSPS) is 13.8. The van der Waals surface area contributed by atoms with Gasteiger partial charge in [-0.3, -0.25) is 0 Å². The van der Waals surface area contributed by atoms with Crippen molar-refractivity contribution in [1.29, 1.82) is 0 Å². The fraction of sp³-hybridized carbons (Fsp3) is 0.200. The lowest BCUT2D eigenvalue weighted by atomic mass is 10.1. The summed E-state index contributed by atoms with van der Waals surface area (Å²) in [6, 6.07) is 6.50. The zero-order chi connectivity index (χ0) is 8.39. The fourth-order valence-corrected chi connectivity index (χ4v) is 1.77. The molecule has 0 spiro atoms. The molecule has 1 aromatic rings. The first-order valence-corrected chi connectivity index (χ1v) is 5.21. The Hall–Kier alpha value is -0.890. The molecule has 1 aliphatic rings. The number of benzene rings is 1. The van der Waals surface area contributed by atoms with Crippen molar-refractivity contribution in [1.82, 2.24) is 0 Å². The average Bonchev–Trinajstić information content (AvgIpc) is 2.17. The maximum Gasteiger partial charge on any atom is 0.0416 e. The van der Waals surface area contributed by atoms with E-state index in [9.17, 15) is 0 Å². The Balaban J connectivity index is 2.44. The number of hydrogen-bond acceptors (Lipinski definition) is 2. The zero-order valence-electron chi connectivity index (χ0n) is 7.00. The third kappa shape index (κ3) is 1.34. The van der Waals surface area contributed by atoms with Gasteiger partial charge in [0.15, 0.2) is 0 Å². The van der Waals surface area contributed by atoms with Crippen LogP contribution >= 0.6 is 11.8 Å². The van der Waals surface area contributed by atoms with E-state index in [1.165, 1.54) is 16.1 Å². The standard InChI is InChI=1S/C10H11NS/c1-12-9-4-5-10-8(7-9)3-2-6-11-10/h2-5,7,11H,6H2,1H3. The van der Waals surface area contributed by atoms with Gasteiger partial charge in [0.2, 0.25) is 0 Å². The molecule has 0 fully saturated rings. The van der Waals surface area contributed by atoms with E-state index in [1.807, 2.05) is 0 Å². The molecule has 62 valence electrons. The summed E-state index contributed by atoms with van der Waals surface area (Å²) in [6.07, 6.45) is 6.42. The van der Waals surface area contributed by atoms with Crippen LogP contribution in [0.25, 0.3) is 6.08 Å². The van der Waals surface area contributed by atoms with Crippen LogP contribution in [0.15, 0.2) is 29.2 Å². The topological polar surface area (TPSA) is 12.0 Å². The Morgan fingerprint density at radius 1 is 1.42 bits per heavy atom. The molecular formula is C10H11NS. The molecule has 0 saturated carbocycles. The van der Waals surface area contributed by atoms with E-state index < -0.39 is 0 Å². The Labute approximate surface area is 76.9 Å². The first-order chi connectivity index (χ1) is 5.90. The maximum absolute atomic E-state index is 3.32. The van der Waals surface area contributed by atoms with Gasteiger partial charge < -0.3 is 5.32 Å². The summed E-state index contributed by atoms with van der Waals surface area (Å²) >= 11 is 1.78. The second kappa shape index (κ2) is 3.23. The number of anilines is 1. The molecule has 1 nitrogen and oxygen atoms in total. The van der Waals surface area contributed by atoms with Gasteiger partial charge in [-0.1, -0.05) is 12.2 Å². The van der Waals surface area contributed by atoms with Crippen LogP contribution in [-0.2, 0) is 0 Å². The summed E-state index contributed by atoms with van der Waals surface area (Å²) in [7, 11) is 0. The lowest BCUT2D eigenvalue weighted by Crippen LogP contribution is -2.03. The van der Waals surface area contributed by atoms with Gasteiger partial charge >= 0.3 is 0 Å². The molecular weight excluding hydrogens is 166 g/mol. The third-order valence-corrected chi connectivity index (χ3v) is 2.69. The van der Waals surface area contributed by atoms with E-state index in [0.29, 0.717) is 0 Å². The molecule has 2 heteroatoms. The van der Waals surface area contributed by atoms with Crippen LogP contribution < -0.4 is 5.32 Å². The van der Waals surface area contributed by atoms with Crippen molar-refractivity contribution in [3.05, 3.63) is 29.8 Å². The Morgan fingerprint density at radius 2 is 2.33 bits per heavy atom. The highest BCUT2D eigenvalue weighted by Gasteiger charge is 2.02.